The molecule has 1 aliphatic heterocycles. The predicted molar refractivity (Wildman–Crippen MR) is 141 cm³/mol. The van der Waals surface area contributed by atoms with Crippen LogP contribution in [0.1, 0.15) is 66.0 Å². The van der Waals surface area contributed by atoms with Gasteiger partial charge in [0.2, 0.25) is 5.91 Å². The van der Waals surface area contributed by atoms with Gasteiger partial charge in [0.1, 0.15) is 18.9 Å². The van der Waals surface area contributed by atoms with E-state index in [0.717, 1.165) is 17.7 Å². The van der Waals surface area contributed by atoms with Crippen molar-refractivity contribution in [3.05, 3.63) is 87.6 Å². The van der Waals surface area contributed by atoms with Crippen LogP contribution in [0.25, 0.3) is 0 Å². The van der Waals surface area contributed by atoms with Crippen molar-refractivity contribution in [2.45, 2.75) is 52.1 Å². The van der Waals surface area contributed by atoms with Crippen molar-refractivity contribution < 1.29 is 14.3 Å². The molecule has 0 fully saturated rings. The Balaban J connectivity index is 1.51. The molecule has 0 N–H and O–H groups in total. The Kier molecular flexibility index (Phi) is 7.91. The Morgan fingerprint density at radius 3 is 2.40 bits per heavy atom. The van der Waals surface area contributed by atoms with Crippen LogP contribution in [0.2, 0.25) is 0 Å². The lowest BCUT2D eigenvalue weighted by atomic mass is 10.00. The topological polar surface area (TPSA) is 49.9 Å². The van der Waals surface area contributed by atoms with Crippen molar-refractivity contribution in [2.75, 3.05) is 19.7 Å². The third kappa shape index (κ3) is 5.76. The minimum absolute atomic E-state index is 0.0461. The number of benzene rings is 2. The summed E-state index contributed by atoms with van der Waals surface area (Å²) in [5, 5.41) is 2.09. The lowest BCUT2D eigenvalue weighted by Gasteiger charge is -2.37. The number of carbonyl (C=O) groups excluding carboxylic acids is 2. The van der Waals surface area contributed by atoms with Gasteiger partial charge in [0, 0.05) is 23.0 Å². The Bertz CT molecular complexity index is 1140. The molecule has 0 spiro atoms. The van der Waals surface area contributed by atoms with Crippen LogP contribution in [0.15, 0.2) is 66.0 Å². The van der Waals surface area contributed by atoms with E-state index in [1.54, 1.807) is 28.4 Å². The average Bonchev–Trinajstić information content (AvgIpc) is 3.35. The highest BCUT2D eigenvalue weighted by atomic mass is 32.1. The maximum atomic E-state index is 13.6. The maximum Gasteiger partial charge on any atom is 0.254 e. The second-order valence-electron chi connectivity index (χ2n) is 9.58. The minimum atomic E-state index is -0.178. The van der Waals surface area contributed by atoms with Gasteiger partial charge in [0.05, 0.1) is 6.04 Å². The van der Waals surface area contributed by atoms with Crippen molar-refractivity contribution in [3.8, 4) is 5.75 Å². The molecule has 2 heterocycles. The number of fused-ring (bicyclic) bond motifs is 1. The molecule has 184 valence electrons. The highest BCUT2D eigenvalue weighted by Crippen LogP contribution is 2.34. The smallest absolute Gasteiger partial charge is 0.254 e. The molecule has 1 unspecified atom stereocenters. The number of ether oxygens (including phenoxy) is 1. The highest BCUT2D eigenvalue weighted by molar-refractivity contribution is 7.10. The lowest BCUT2D eigenvalue weighted by Crippen LogP contribution is -2.49. The summed E-state index contributed by atoms with van der Waals surface area (Å²) in [4.78, 5) is 31.6. The largest absolute Gasteiger partial charge is 0.491 e. The van der Waals surface area contributed by atoms with Gasteiger partial charge in [-0.15, -0.1) is 11.3 Å². The highest BCUT2D eigenvalue weighted by Gasteiger charge is 2.34. The first-order chi connectivity index (χ1) is 16.8. The van der Waals surface area contributed by atoms with Crippen LogP contribution in [-0.4, -0.2) is 47.4 Å². The normalized spacial score (nSPS) is 15.3. The van der Waals surface area contributed by atoms with Crippen LogP contribution < -0.4 is 4.74 Å². The van der Waals surface area contributed by atoms with E-state index >= 15 is 0 Å². The number of amides is 2. The minimum Gasteiger partial charge on any atom is -0.491 e. The van der Waals surface area contributed by atoms with Gasteiger partial charge in [-0.05, 0) is 73.0 Å². The van der Waals surface area contributed by atoms with Crippen molar-refractivity contribution >= 4 is 23.2 Å². The van der Waals surface area contributed by atoms with E-state index in [1.807, 2.05) is 49.1 Å². The number of rotatable bonds is 8. The summed E-state index contributed by atoms with van der Waals surface area (Å²) >= 11 is 1.73. The summed E-state index contributed by atoms with van der Waals surface area (Å²) in [7, 11) is 0. The number of nitrogens with zero attached hydrogens (tertiary/aromatic N) is 2. The van der Waals surface area contributed by atoms with E-state index in [9.17, 15) is 9.59 Å². The van der Waals surface area contributed by atoms with E-state index in [1.165, 1.54) is 10.4 Å². The zero-order chi connectivity index (χ0) is 24.9. The molecule has 35 heavy (non-hydrogen) atoms. The van der Waals surface area contributed by atoms with Crippen LogP contribution in [0.4, 0.5) is 0 Å². The number of thiophene rings is 1. The molecular weight excluding hydrogens is 456 g/mol. The summed E-state index contributed by atoms with van der Waals surface area (Å²) in [6, 6.07) is 19.2. The summed E-state index contributed by atoms with van der Waals surface area (Å²) in [5.74, 6) is 1.09. The molecule has 2 amide bonds. The van der Waals surface area contributed by atoms with Crippen LogP contribution in [0, 0.1) is 0 Å². The summed E-state index contributed by atoms with van der Waals surface area (Å²) in [6.45, 7) is 9.28. The first-order valence-electron chi connectivity index (χ1n) is 12.3. The fraction of sp³-hybridized carbons (Fsp3) is 0.379. The molecule has 6 heteroatoms. The SMILES string of the molecule is CC(C)c1ccc(OCC2c3ccsc3CCN2C(=O)CN(C(=O)c2ccccc2)C(C)C)cc1. The maximum absolute atomic E-state index is 13.6. The van der Waals surface area contributed by atoms with E-state index in [0.29, 0.717) is 24.6 Å². The van der Waals surface area contributed by atoms with E-state index in [4.69, 9.17) is 4.74 Å². The van der Waals surface area contributed by atoms with E-state index in [2.05, 4.69) is 37.4 Å². The quantitative estimate of drug-likeness (QED) is 0.393. The van der Waals surface area contributed by atoms with Crippen molar-refractivity contribution in [3.63, 3.8) is 0 Å². The van der Waals surface area contributed by atoms with Crippen molar-refractivity contribution in [1.29, 1.82) is 0 Å². The molecule has 3 aromatic rings. The molecule has 2 aromatic carbocycles. The third-order valence-electron chi connectivity index (χ3n) is 6.58. The lowest BCUT2D eigenvalue weighted by molar-refractivity contribution is -0.136. The van der Waals surface area contributed by atoms with Crippen LogP contribution in [-0.2, 0) is 11.2 Å². The summed E-state index contributed by atoms with van der Waals surface area (Å²) < 4.78 is 6.19. The molecule has 5 nitrogen and oxygen atoms in total. The average molecular weight is 491 g/mol. The number of carbonyl (C=O) groups is 2. The zero-order valence-corrected chi connectivity index (χ0v) is 21.8. The van der Waals surface area contributed by atoms with Gasteiger partial charge in [-0.3, -0.25) is 9.59 Å². The first-order valence-corrected chi connectivity index (χ1v) is 13.2. The molecule has 0 bridgehead atoms. The van der Waals surface area contributed by atoms with Crippen molar-refractivity contribution in [2.24, 2.45) is 0 Å². The van der Waals surface area contributed by atoms with Crippen LogP contribution >= 0.6 is 11.3 Å². The second kappa shape index (κ2) is 11.1. The predicted octanol–water partition coefficient (Wildman–Crippen LogP) is 5.93. The molecule has 1 aliphatic rings. The fourth-order valence-corrected chi connectivity index (χ4v) is 5.40. The van der Waals surface area contributed by atoms with Crippen molar-refractivity contribution in [1.82, 2.24) is 9.80 Å². The Morgan fingerprint density at radius 1 is 1.03 bits per heavy atom. The third-order valence-corrected chi connectivity index (χ3v) is 7.58. The van der Waals surface area contributed by atoms with Crippen LogP contribution in [0.3, 0.4) is 0 Å². The Hall–Kier alpha value is -3.12. The molecule has 4 rings (SSSR count). The van der Waals surface area contributed by atoms with Gasteiger partial charge in [-0.2, -0.15) is 0 Å². The Morgan fingerprint density at radius 2 is 1.74 bits per heavy atom. The van der Waals surface area contributed by atoms with Gasteiger partial charge in [0.25, 0.3) is 5.91 Å². The standard InChI is InChI=1S/C29H34N2O3S/c1-20(2)22-10-12-24(13-11-22)34-19-26-25-15-17-35-27(25)14-16-30(26)28(32)18-31(21(3)4)29(33)23-8-6-5-7-9-23/h5-13,15,17,20-21,26H,14,16,18-19H2,1-4H3. The molecule has 0 saturated carbocycles. The molecule has 0 saturated heterocycles. The van der Waals surface area contributed by atoms with Gasteiger partial charge in [-0.25, -0.2) is 0 Å². The number of hydrogen-bond donors (Lipinski definition) is 0. The van der Waals surface area contributed by atoms with Gasteiger partial charge >= 0.3 is 0 Å². The first kappa shape index (κ1) is 25.0. The fourth-order valence-electron chi connectivity index (χ4n) is 4.47. The number of hydrogen-bond acceptors (Lipinski definition) is 4. The molecule has 0 radical (unpaired) electrons. The van der Waals surface area contributed by atoms with E-state index in [-0.39, 0.29) is 30.4 Å². The van der Waals surface area contributed by atoms with Gasteiger partial charge in [0.15, 0.2) is 0 Å². The summed E-state index contributed by atoms with van der Waals surface area (Å²) in [6.07, 6.45) is 0.826. The second-order valence-corrected chi connectivity index (χ2v) is 10.6. The molecule has 1 aromatic heterocycles. The van der Waals surface area contributed by atoms with Gasteiger partial charge < -0.3 is 14.5 Å². The molecule has 1 atom stereocenters. The summed E-state index contributed by atoms with van der Waals surface area (Å²) in [5.41, 5.74) is 3.01. The monoisotopic (exact) mass is 490 g/mol. The zero-order valence-electron chi connectivity index (χ0n) is 20.9. The molecular formula is C29H34N2O3S. The molecule has 0 aliphatic carbocycles. The van der Waals surface area contributed by atoms with E-state index < -0.39 is 0 Å². The Labute approximate surface area is 212 Å². The van der Waals surface area contributed by atoms with Crippen LogP contribution in [0.5, 0.6) is 5.75 Å². The van der Waals surface area contributed by atoms with Gasteiger partial charge in [-0.1, -0.05) is 44.2 Å².